The second-order valence-corrected chi connectivity index (χ2v) is 6.02. The molecule has 0 radical (unpaired) electrons. The van der Waals surface area contributed by atoms with E-state index in [1.165, 1.54) is 7.11 Å². The quantitative estimate of drug-likeness (QED) is 0.894. The number of methoxy groups -OCH3 is 1. The molecule has 1 aliphatic rings. The molecule has 0 aromatic heterocycles. The lowest BCUT2D eigenvalue weighted by Crippen LogP contribution is -2.45. The van der Waals surface area contributed by atoms with Crippen LogP contribution in [-0.2, 0) is 10.5 Å². The maximum absolute atomic E-state index is 12.8. The van der Waals surface area contributed by atoms with E-state index in [1.807, 2.05) is 0 Å². The zero-order valence-corrected chi connectivity index (χ0v) is 14.1. The van der Waals surface area contributed by atoms with Crippen LogP contribution in [0.5, 0.6) is 5.75 Å². The second-order valence-electron chi connectivity index (χ2n) is 6.02. The molecule has 3 rings (SSSR count). The van der Waals surface area contributed by atoms with Gasteiger partial charge in [0.1, 0.15) is 5.75 Å². The van der Waals surface area contributed by atoms with E-state index in [2.05, 4.69) is 5.10 Å². The van der Waals surface area contributed by atoms with E-state index in [0.717, 1.165) is 5.01 Å². The molecule has 130 valence electrons. The minimum absolute atomic E-state index is 0.160. The molecule has 0 spiro atoms. The average molecular weight is 340 g/mol. The van der Waals surface area contributed by atoms with Crippen LogP contribution in [0, 0.1) is 0 Å². The van der Waals surface area contributed by atoms with Crippen molar-refractivity contribution in [3.8, 4) is 5.75 Å². The van der Waals surface area contributed by atoms with Crippen LogP contribution in [0.25, 0.3) is 0 Å². The zero-order valence-electron chi connectivity index (χ0n) is 14.1. The number of benzene rings is 2. The number of hydrogen-bond donors (Lipinski definition) is 2. The topological polar surface area (TPSA) is 82.4 Å². The highest BCUT2D eigenvalue weighted by molar-refractivity contribution is 5.91. The van der Waals surface area contributed by atoms with Crippen LogP contribution in [0.1, 0.15) is 30.6 Å². The molecular weight excluding hydrogens is 320 g/mol. The van der Waals surface area contributed by atoms with Crippen LogP contribution in [0.15, 0.2) is 59.7 Å². The van der Waals surface area contributed by atoms with E-state index in [-0.39, 0.29) is 6.42 Å². The lowest BCUT2D eigenvalue weighted by molar-refractivity contribution is -0.167. The van der Waals surface area contributed by atoms with Gasteiger partial charge >= 0.3 is 0 Å². The summed E-state index contributed by atoms with van der Waals surface area (Å²) in [6, 6.07) is 15.4. The van der Waals surface area contributed by atoms with Gasteiger partial charge in [0, 0.05) is 17.7 Å². The Bertz CT molecular complexity index is 806. The van der Waals surface area contributed by atoms with Crippen molar-refractivity contribution < 1.29 is 19.7 Å². The van der Waals surface area contributed by atoms with E-state index >= 15 is 0 Å². The van der Waals surface area contributed by atoms with Gasteiger partial charge in [0.15, 0.2) is 11.8 Å². The molecule has 0 unspecified atom stereocenters. The average Bonchev–Trinajstić information content (AvgIpc) is 2.97. The molecule has 1 heterocycles. The van der Waals surface area contributed by atoms with Gasteiger partial charge in [-0.2, -0.15) is 10.1 Å². The molecule has 2 aromatic carbocycles. The molecule has 6 nitrogen and oxygen atoms in total. The minimum atomic E-state index is -1.66. The normalized spacial score (nSPS) is 21.0. The monoisotopic (exact) mass is 340 g/mol. The summed E-state index contributed by atoms with van der Waals surface area (Å²) in [4.78, 5) is 12.8. The first-order valence-corrected chi connectivity index (χ1v) is 7.94. The number of ether oxygens (including phenoxy) is 1. The van der Waals surface area contributed by atoms with E-state index < -0.39 is 17.7 Å². The van der Waals surface area contributed by atoms with Crippen molar-refractivity contribution in [3.05, 3.63) is 65.7 Å². The Morgan fingerprint density at radius 1 is 1.24 bits per heavy atom. The third-order valence-electron chi connectivity index (χ3n) is 4.21. The SMILES string of the molecule is COc1cccc([C@@]2(O)CC(C)=NN2C(=O)[C@H](O)c2ccccc2)c1. The fraction of sp³-hybridized carbons (Fsp3) is 0.263. The van der Waals surface area contributed by atoms with Gasteiger partial charge in [-0.05, 0) is 24.6 Å². The highest BCUT2D eigenvalue weighted by atomic mass is 16.5. The first-order valence-electron chi connectivity index (χ1n) is 7.94. The number of nitrogens with zero attached hydrogens (tertiary/aromatic N) is 2. The summed E-state index contributed by atoms with van der Waals surface area (Å²) in [5.41, 5.74) is -0.147. The predicted molar refractivity (Wildman–Crippen MR) is 92.9 cm³/mol. The van der Waals surface area contributed by atoms with Crippen LogP contribution in [0.4, 0.5) is 0 Å². The van der Waals surface area contributed by atoms with Gasteiger partial charge in [0.05, 0.1) is 7.11 Å². The highest BCUT2D eigenvalue weighted by Crippen LogP contribution is 2.38. The maximum atomic E-state index is 12.8. The molecular formula is C19H20N2O4. The van der Waals surface area contributed by atoms with E-state index in [4.69, 9.17) is 4.74 Å². The molecule has 25 heavy (non-hydrogen) atoms. The maximum Gasteiger partial charge on any atom is 0.279 e. The summed E-state index contributed by atoms with van der Waals surface area (Å²) < 4.78 is 5.20. The van der Waals surface area contributed by atoms with E-state index in [1.54, 1.807) is 61.5 Å². The van der Waals surface area contributed by atoms with Crippen LogP contribution >= 0.6 is 0 Å². The molecule has 0 fully saturated rings. The molecule has 1 aliphatic heterocycles. The summed E-state index contributed by atoms with van der Waals surface area (Å²) in [6.45, 7) is 1.73. The highest BCUT2D eigenvalue weighted by Gasteiger charge is 2.46. The van der Waals surface area contributed by atoms with Crippen molar-refractivity contribution in [1.29, 1.82) is 0 Å². The van der Waals surface area contributed by atoms with Crippen LogP contribution in [-0.4, -0.2) is 34.0 Å². The second kappa shape index (κ2) is 6.66. The molecule has 0 aliphatic carbocycles. The van der Waals surface area contributed by atoms with Crippen molar-refractivity contribution >= 4 is 11.6 Å². The Hall–Kier alpha value is -2.70. The lowest BCUT2D eigenvalue weighted by Gasteiger charge is -2.33. The molecule has 0 saturated carbocycles. The Morgan fingerprint density at radius 3 is 2.64 bits per heavy atom. The molecule has 0 saturated heterocycles. The number of carbonyl (C=O) groups is 1. The van der Waals surface area contributed by atoms with E-state index in [9.17, 15) is 15.0 Å². The van der Waals surface area contributed by atoms with Crippen molar-refractivity contribution in [3.63, 3.8) is 0 Å². The third kappa shape index (κ3) is 3.14. The summed E-state index contributed by atoms with van der Waals surface area (Å²) in [6.07, 6.45) is -1.25. The van der Waals surface area contributed by atoms with Gasteiger partial charge < -0.3 is 14.9 Å². The lowest BCUT2D eigenvalue weighted by atomic mass is 9.96. The Labute approximate surface area is 146 Å². The summed E-state index contributed by atoms with van der Waals surface area (Å²) in [7, 11) is 1.53. The van der Waals surface area contributed by atoms with E-state index in [0.29, 0.717) is 22.6 Å². The van der Waals surface area contributed by atoms with Gasteiger partial charge in [-0.3, -0.25) is 4.79 Å². The van der Waals surface area contributed by atoms with Crippen molar-refractivity contribution in [2.24, 2.45) is 5.10 Å². The molecule has 2 atom stereocenters. The van der Waals surface area contributed by atoms with Gasteiger partial charge in [-0.25, -0.2) is 0 Å². The van der Waals surface area contributed by atoms with Crippen LogP contribution < -0.4 is 4.74 Å². The number of hydrogen-bond acceptors (Lipinski definition) is 5. The molecule has 6 heteroatoms. The molecule has 0 bridgehead atoms. The zero-order chi connectivity index (χ0) is 18.0. The van der Waals surface area contributed by atoms with Crippen LogP contribution in [0.3, 0.4) is 0 Å². The molecule has 2 aromatic rings. The molecule has 2 N–H and O–H groups in total. The van der Waals surface area contributed by atoms with Crippen molar-refractivity contribution in [2.45, 2.75) is 25.2 Å². The fourth-order valence-corrected chi connectivity index (χ4v) is 2.94. The number of hydrazone groups is 1. The fourth-order valence-electron chi connectivity index (χ4n) is 2.94. The third-order valence-corrected chi connectivity index (χ3v) is 4.21. The smallest absolute Gasteiger partial charge is 0.279 e. The Kier molecular flexibility index (Phi) is 4.57. The predicted octanol–water partition coefficient (Wildman–Crippen LogP) is 2.18. The standard InChI is InChI=1S/C19H20N2O4/c1-13-12-19(24,15-9-6-10-16(11-15)25-2)21(20-13)18(23)17(22)14-7-4-3-5-8-14/h3-11,17,22,24H,12H2,1-2H3/t17-,19+/m1/s1. The Morgan fingerprint density at radius 2 is 1.96 bits per heavy atom. The van der Waals surface area contributed by atoms with Gasteiger partial charge in [-0.1, -0.05) is 42.5 Å². The Balaban J connectivity index is 1.96. The van der Waals surface area contributed by atoms with Crippen molar-refractivity contribution in [1.82, 2.24) is 5.01 Å². The van der Waals surface area contributed by atoms with Gasteiger partial charge in [-0.15, -0.1) is 0 Å². The molecule has 1 amide bonds. The summed E-state index contributed by atoms with van der Waals surface area (Å²) >= 11 is 0. The minimum Gasteiger partial charge on any atom is -0.497 e. The first kappa shape index (κ1) is 17.1. The van der Waals surface area contributed by atoms with Crippen LogP contribution in [0.2, 0.25) is 0 Å². The largest absolute Gasteiger partial charge is 0.497 e. The number of amides is 1. The number of carbonyl (C=O) groups excluding carboxylic acids is 1. The summed E-state index contributed by atoms with van der Waals surface area (Å²) in [5, 5.41) is 26.8. The number of aliphatic hydroxyl groups is 2. The van der Waals surface area contributed by atoms with Gasteiger partial charge in [0.25, 0.3) is 5.91 Å². The summed E-state index contributed by atoms with van der Waals surface area (Å²) in [5.74, 6) is -0.125. The van der Waals surface area contributed by atoms with Crippen molar-refractivity contribution in [2.75, 3.05) is 7.11 Å². The number of aliphatic hydroxyl groups excluding tert-OH is 1. The first-order chi connectivity index (χ1) is 12.0. The number of rotatable bonds is 4. The van der Waals surface area contributed by atoms with Gasteiger partial charge in [0.2, 0.25) is 0 Å².